The molecule has 2 atom stereocenters. The van der Waals surface area contributed by atoms with E-state index in [0.717, 1.165) is 38.4 Å². The number of nitrogens with one attached hydrogen (secondary N) is 1. The highest BCUT2D eigenvalue weighted by Crippen LogP contribution is 2.28. The fourth-order valence-corrected chi connectivity index (χ4v) is 2.78. The number of carboxylic acids is 1. The first-order chi connectivity index (χ1) is 8.13. The fourth-order valence-electron chi connectivity index (χ4n) is 2.78. The molecule has 2 N–H and O–H groups in total. The lowest BCUT2D eigenvalue weighted by atomic mass is 9.90. The second-order valence-electron chi connectivity index (χ2n) is 5.80. The van der Waals surface area contributed by atoms with E-state index in [1.807, 2.05) is 0 Å². The van der Waals surface area contributed by atoms with Gasteiger partial charge in [-0.15, -0.1) is 0 Å². The minimum atomic E-state index is -0.666. The van der Waals surface area contributed by atoms with Crippen LogP contribution in [0.1, 0.15) is 32.1 Å². The second-order valence-corrected chi connectivity index (χ2v) is 5.80. The van der Waals surface area contributed by atoms with Gasteiger partial charge in [0.2, 0.25) is 0 Å². The van der Waals surface area contributed by atoms with E-state index in [1.165, 1.54) is 12.8 Å². The fraction of sp³-hybridized carbons (Fsp3) is 0.923. The van der Waals surface area contributed by atoms with Gasteiger partial charge in [0.05, 0.1) is 0 Å². The molecule has 2 unspecified atom stereocenters. The molecule has 0 bridgehead atoms. The zero-order valence-electron chi connectivity index (χ0n) is 10.7. The van der Waals surface area contributed by atoms with Crippen LogP contribution in [0, 0.1) is 11.8 Å². The zero-order valence-corrected chi connectivity index (χ0v) is 10.7. The van der Waals surface area contributed by atoms with Gasteiger partial charge in [-0.3, -0.25) is 4.79 Å². The third-order valence-corrected chi connectivity index (χ3v) is 3.88. The number of likely N-dealkylation sites (tertiary alicyclic amines) is 1. The number of carboxylic acid groups (broad SMARTS) is 1. The van der Waals surface area contributed by atoms with Crippen molar-refractivity contribution < 1.29 is 9.90 Å². The minimum absolute atomic E-state index is 0.313. The molecule has 2 fully saturated rings. The van der Waals surface area contributed by atoms with Gasteiger partial charge in [-0.05, 0) is 51.1 Å². The molecule has 1 heterocycles. The lowest BCUT2D eigenvalue weighted by molar-refractivity contribution is -0.137. The number of nitrogens with zero attached hydrogens (tertiary/aromatic N) is 1. The molecule has 1 aliphatic heterocycles. The smallest absolute Gasteiger partial charge is 0.303 e. The Hall–Kier alpha value is -0.610. The summed E-state index contributed by atoms with van der Waals surface area (Å²) in [6.45, 7) is 3.31. The monoisotopic (exact) mass is 240 g/mol. The predicted molar refractivity (Wildman–Crippen MR) is 67.0 cm³/mol. The Morgan fingerprint density at radius 3 is 2.76 bits per heavy atom. The van der Waals surface area contributed by atoms with E-state index >= 15 is 0 Å². The molecule has 1 saturated heterocycles. The van der Waals surface area contributed by atoms with Crippen LogP contribution in [0.25, 0.3) is 0 Å². The van der Waals surface area contributed by atoms with E-state index in [9.17, 15) is 4.79 Å². The molecule has 17 heavy (non-hydrogen) atoms. The van der Waals surface area contributed by atoms with Crippen LogP contribution >= 0.6 is 0 Å². The van der Waals surface area contributed by atoms with Crippen molar-refractivity contribution in [2.24, 2.45) is 11.8 Å². The Balaban J connectivity index is 1.71. The molecule has 0 aromatic rings. The van der Waals surface area contributed by atoms with Crippen molar-refractivity contribution in [1.82, 2.24) is 10.2 Å². The number of hydrogen-bond donors (Lipinski definition) is 2. The van der Waals surface area contributed by atoms with E-state index in [-0.39, 0.29) is 0 Å². The van der Waals surface area contributed by atoms with E-state index in [1.54, 1.807) is 0 Å². The summed E-state index contributed by atoms with van der Waals surface area (Å²) in [5.74, 6) is 0.793. The maximum atomic E-state index is 10.6. The quantitative estimate of drug-likeness (QED) is 0.732. The summed E-state index contributed by atoms with van der Waals surface area (Å²) < 4.78 is 0. The summed E-state index contributed by atoms with van der Waals surface area (Å²) in [5, 5.41) is 12.4. The Morgan fingerprint density at radius 1 is 1.35 bits per heavy atom. The van der Waals surface area contributed by atoms with Gasteiger partial charge in [0.15, 0.2) is 0 Å². The minimum Gasteiger partial charge on any atom is -0.481 e. The molecular weight excluding hydrogens is 216 g/mol. The third kappa shape index (κ3) is 4.64. The van der Waals surface area contributed by atoms with Gasteiger partial charge in [-0.25, -0.2) is 0 Å². The molecule has 0 aromatic carbocycles. The molecule has 98 valence electrons. The molecule has 0 spiro atoms. The summed E-state index contributed by atoms with van der Waals surface area (Å²) in [5.41, 5.74) is 0. The predicted octanol–water partition coefficient (Wildman–Crippen LogP) is 1.17. The summed E-state index contributed by atoms with van der Waals surface area (Å²) in [4.78, 5) is 12.9. The maximum Gasteiger partial charge on any atom is 0.303 e. The summed E-state index contributed by atoms with van der Waals surface area (Å²) in [6, 6.07) is 0.563. The topological polar surface area (TPSA) is 52.6 Å². The van der Waals surface area contributed by atoms with Crippen molar-refractivity contribution in [1.29, 1.82) is 0 Å². The number of likely N-dealkylation sites (N-methyl/N-ethyl adjacent to an activating group) is 1. The van der Waals surface area contributed by atoms with Gasteiger partial charge in [-0.1, -0.05) is 0 Å². The number of aliphatic carboxylic acids is 1. The van der Waals surface area contributed by atoms with Gasteiger partial charge in [0, 0.05) is 25.6 Å². The van der Waals surface area contributed by atoms with E-state index < -0.39 is 5.97 Å². The van der Waals surface area contributed by atoms with E-state index in [4.69, 9.17) is 5.11 Å². The molecule has 2 rings (SSSR count). The summed E-state index contributed by atoms with van der Waals surface area (Å²) >= 11 is 0. The van der Waals surface area contributed by atoms with E-state index in [0.29, 0.717) is 18.4 Å². The van der Waals surface area contributed by atoms with Gasteiger partial charge >= 0.3 is 5.97 Å². The molecule has 0 amide bonds. The normalized spacial score (nSPS) is 30.4. The average molecular weight is 240 g/mol. The molecule has 4 heteroatoms. The van der Waals surface area contributed by atoms with Gasteiger partial charge in [0.25, 0.3) is 0 Å². The molecule has 0 aromatic heterocycles. The summed E-state index contributed by atoms with van der Waals surface area (Å²) in [6.07, 6.45) is 5.05. The van der Waals surface area contributed by atoms with Crippen LogP contribution in [-0.2, 0) is 4.79 Å². The second kappa shape index (κ2) is 5.83. The molecule has 0 radical (unpaired) electrons. The van der Waals surface area contributed by atoms with E-state index in [2.05, 4.69) is 17.3 Å². The van der Waals surface area contributed by atoms with Gasteiger partial charge in [-0.2, -0.15) is 0 Å². The lowest BCUT2D eigenvalue weighted by Gasteiger charge is -2.36. The Bertz CT molecular complexity index is 266. The zero-order chi connectivity index (χ0) is 12.3. The first kappa shape index (κ1) is 12.8. The van der Waals surface area contributed by atoms with Crippen LogP contribution in [0.4, 0.5) is 0 Å². The molecule has 2 aliphatic rings. The highest BCUT2D eigenvalue weighted by Gasteiger charge is 2.27. The number of carbonyl (C=O) groups is 1. The van der Waals surface area contributed by atoms with Crippen molar-refractivity contribution in [2.75, 3.05) is 26.7 Å². The summed E-state index contributed by atoms with van der Waals surface area (Å²) in [7, 11) is 2.14. The van der Waals surface area contributed by atoms with Crippen LogP contribution < -0.4 is 5.32 Å². The third-order valence-electron chi connectivity index (χ3n) is 3.88. The Kier molecular flexibility index (Phi) is 4.40. The lowest BCUT2D eigenvalue weighted by Crippen LogP contribution is -2.48. The van der Waals surface area contributed by atoms with Crippen LogP contribution in [0.3, 0.4) is 0 Å². The highest BCUT2D eigenvalue weighted by atomic mass is 16.4. The van der Waals surface area contributed by atoms with Crippen LogP contribution in [-0.4, -0.2) is 48.7 Å². The van der Waals surface area contributed by atoms with Crippen molar-refractivity contribution in [3.05, 3.63) is 0 Å². The molecule has 1 saturated carbocycles. The van der Waals surface area contributed by atoms with Crippen molar-refractivity contribution in [2.45, 2.75) is 38.1 Å². The first-order valence-corrected chi connectivity index (χ1v) is 6.77. The highest BCUT2D eigenvalue weighted by molar-refractivity contribution is 5.66. The average Bonchev–Trinajstić information content (AvgIpc) is 3.07. The standard InChI is InChI=1S/C13H24N2O2/c1-15-8-11(4-5-13(16)17)6-12(9-15)14-7-10-2-3-10/h10-12,14H,2-9H2,1H3,(H,16,17). The first-order valence-electron chi connectivity index (χ1n) is 6.77. The molecule has 4 nitrogen and oxygen atoms in total. The Morgan fingerprint density at radius 2 is 2.12 bits per heavy atom. The van der Waals surface area contributed by atoms with Gasteiger partial charge in [0.1, 0.15) is 0 Å². The number of piperidine rings is 1. The molecular formula is C13H24N2O2. The Labute approximate surface area is 103 Å². The number of hydrogen-bond acceptors (Lipinski definition) is 3. The van der Waals surface area contributed by atoms with Crippen LogP contribution in [0.5, 0.6) is 0 Å². The maximum absolute atomic E-state index is 10.6. The van der Waals surface area contributed by atoms with Crippen LogP contribution in [0.2, 0.25) is 0 Å². The largest absolute Gasteiger partial charge is 0.481 e. The molecule has 1 aliphatic carbocycles. The van der Waals surface area contributed by atoms with Crippen molar-refractivity contribution in [3.8, 4) is 0 Å². The number of rotatable bonds is 6. The van der Waals surface area contributed by atoms with Crippen molar-refractivity contribution >= 4 is 5.97 Å². The van der Waals surface area contributed by atoms with Crippen LogP contribution in [0.15, 0.2) is 0 Å². The van der Waals surface area contributed by atoms with Gasteiger partial charge < -0.3 is 15.3 Å². The SMILES string of the molecule is CN1CC(CCC(=O)O)CC(NCC2CC2)C1. The van der Waals surface area contributed by atoms with Crippen molar-refractivity contribution in [3.63, 3.8) is 0 Å².